The molecule has 146 valence electrons. The van der Waals surface area contributed by atoms with Gasteiger partial charge in [0, 0.05) is 35.9 Å². The van der Waals surface area contributed by atoms with Crippen LogP contribution in [0.2, 0.25) is 0 Å². The van der Waals surface area contributed by atoms with Crippen LogP contribution >= 0.6 is 0 Å². The molecule has 0 saturated carbocycles. The number of halogens is 1. The number of benzene rings is 1. The summed E-state index contributed by atoms with van der Waals surface area (Å²) >= 11 is 0. The van der Waals surface area contributed by atoms with Crippen molar-refractivity contribution in [2.45, 2.75) is 39.5 Å². The van der Waals surface area contributed by atoms with E-state index >= 15 is 0 Å². The fourth-order valence-electron chi connectivity index (χ4n) is 4.59. The normalized spacial score (nSPS) is 19.0. The van der Waals surface area contributed by atoms with Gasteiger partial charge in [-0.3, -0.25) is 9.78 Å². The molecule has 2 aromatic rings. The predicted octanol–water partition coefficient (Wildman–Crippen LogP) is 5.34. The number of pyridine rings is 1. The Morgan fingerprint density at radius 1 is 1.21 bits per heavy atom. The molecule has 1 N–H and O–H groups in total. The number of aromatic nitrogens is 1. The molecule has 0 unspecified atom stereocenters. The number of anilines is 1. The van der Waals surface area contributed by atoms with Gasteiger partial charge in [-0.15, -0.1) is 0 Å². The molecule has 0 saturated heterocycles. The molecular formula is C25H23FN2O. The summed E-state index contributed by atoms with van der Waals surface area (Å²) in [5.41, 5.74) is 9.07. The van der Waals surface area contributed by atoms with Gasteiger partial charge in [0.05, 0.1) is 11.4 Å². The minimum atomic E-state index is -0.311. The van der Waals surface area contributed by atoms with Crippen LogP contribution in [0.15, 0.2) is 47.7 Å². The van der Waals surface area contributed by atoms with Crippen molar-refractivity contribution in [1.82, 2.24) is 4.98 Å². The van der Waals surface area contributed by atoms with Crippen LogP contribution in [-0.4, -0.2) is 17.3 Å². The van der Waals surface area contributed by atoms with E-state index in [1.807, 2.05) is 25.3 Å². The zero-order valence-corrected chi connectivity index (χ0v) is 16.7. The molecule has 0 spiro atoms. The van der Waals surface area contributed by atoms with E-state index in [1.54, 1.807) is 6.07 Å². The zero-order valence-electron chi connectivity index (χ0n) is 16.7. The number of Topliss-reactive ketones (excluding diaryl/α,β-unsaturated/α-hetero) is 1. The number of ketones is 1. The molecule has 2 heterocycles. The summed E-state index contributed by atoms with van der Waals surface area (Å²) in [6, 6.07) is 3.51. The molecule has 0 radical (unpaired) electrons. The third-order valence-electron chi connectivity index (χ3n) is 6.15. The van der Waals surface area contributed by atoms with Crippen LogP contribution in [0.1, 0.15) is 42.1 Å². The fraction of sp³-hybridized carbons (Fsp3) is 0.280. The molecule has 3 nitrogen and oxygen atoms in total. The highest BCUT2D eigenvalue weighted by Crippen LogP contribution is 2.39. The molecule has 0 amide bonds. The highest BCUT2D eigenvalue weighted by atomic mass is 19.1. The largest absolute Gasteiger partial charge is 0.383 e. The highest BCUT2D eigenvalue weighted by Gasteiger charge is 2.29. The summed E-state index contributed by atoms with van der Waals surface area (Å²) in [4.78, 5) is 17.3. The molecule has 0 bridgehead atoms. The first-order valence-corrected chi connectivity index (χ1v) is 10.2. The number of hydrogen-bond donors (Lipinski definition) is 1. The van der Waals surface area contributed by atoms with Gasteiger partial charge in [-0.2, -0.15) is 0 Å². The first kappa shape index (κ1) is 18.0. The third kappa shape index (κ3) is 3.03. The highest BCUT2D eigenvalue weighted by molar-refractivity contribution is 6.26. The van der Waals surface area contributed by atoms with Crippen LogP contribution in [0, 0.1) is 12.7 Å². The van der Waals surface area contributed by atoms with Gasteiger partial charge in [0.15, 0.2) is 5.78 Å². The van der Waals surface area contributed by atoms with Crippen molar-refractivity contribution in [2.24, 2.45) is 0 Å². The second-order valence-electron chi connectivity index (χ2n) is 8.16. The maximum atomic E-state index is 15.0. The second kappa shape index (κ2) is 6.80. The molecular weight excluding hydrogens is 363 g/mol. The SMILES string of the molecule is CC1=CCC(/C=C2\C(=O)Cc3c(F)cc(-c4cnc5c(c4C)NCCC5)cc32)=C1. The lowest BCUT2D eigenvalue weighted by Gasteiger charge is -2.21. The molecule has 3 aliphatic rings. The van der Waals surface area contributed by atoms with Crippen LogP contribution in [0.4, 0.5) is 10.1 Å². The third-order valence-corrected chi connectivity index (χ3v) is 6.15. The Balaban J connectivity index is 1.62. The van der Waals surface area contributed by atoms with Crippen LogP contribution in [0.25, 0.3) is 16.7 Å². The maximum absolute atomic E-state index is 15.0. The van der Waals surface area contributed by atoms with E-state index < -0.39 is 0 Å². The number of rotatable bonds is 2. The first-order chi connectivity index (χ1) is 14.0. The van der Waals surface area contributed by atoms with Crippen LogP contribution in [0.3, 0.4) is 0 Å². The van der Waals surface area contributed by atoms with Gasteiger partial charge in [-0.1, -0.05) is 17.7 Å². The van der Waals surface area contributed by atoms with Gasteiger partial charge < -0.3 is 5.32 Å². The van der Waals surface area contributed by atoms with Gasteiger partial charge in [0.25, 0.3) is 0 Å². The molecule has 2 aliphatic carbocycles. The molecule has 1 aromatic heterocycles. The Morgan fingerprint density at radius 2 is 2.07 bits per heavy atom. The Labute approximate surface area is 170 Å². The van der Waals surface area contributed by atoms with E-state index in [0.29, 0.717) is 11.1 Å². The van der Waals surface area contributed by atoms with E-state index in [2.05, 4.69) is 29.4 Å². The Hall–Kier alpha value is -3.01. The van der Waals surface area contributed by atoms with Gasteiger partial charge in [0.2, 0.25) is 0 Å². The molecule has 1 aromatic carbocycles. The average molecular weight is 386 g/mol. The minimum Gasteiger partial charge on any atom is -0.383 e. The number of nitrogens with one attached hydrogen (secondary N) is 1. The van der Waals surface area contributed by atoms with E-state index in [-0.39, 0.29) is 18.0 Å². The molecule has 0 fully saturated rings. The van der Waals surface area contributed by atoms with Crippen molar-refractivity contribution >= 4 is 17.0 Å². The summed E-state index contributed by atoms with van der Waals surface area (Å²) in [5, 5.41) is 3.44. The van der Waals surface area contributed by atoms with Gasteiger partial charge >= 0.3 is 0 Å². The average Bonchev–Trinajstić information content (AvgIpc) is 3.26. The molecule has 4 heteroatoms. The number of allylic oxidation sites excluding steroid dienone is 6. The van der Waals surface area contributed by atoms with Gasteiger partial charge in [-0.25, -0.2) is 4.39 Å². The number of aryl methyl sites for hydroxylation is 1. The predicted molar refractivity (Wildman–Crippen MR) is 114 cm³/mol. The summed E-state index contributed by atoms with van der Waals surface area (Å²) in [6.45, 7) is 5.04. The van der Waals surface area contributed by atoms with Crippen molar-refractivity contribution in [2.75, 3.05) is 11.9 Å². The van der Waals surface area contributed by atoms with Crippen molar-refractivity contribution in [3.63, 3.8) is 0 Å². The van der Waals surface area contributed by atoms with Crippen molar-refractivity contribution < 1.29 is 9.18 Å². The number of carbonyl (C=O) groups is 1. The summed E-state index contributed by atoms with van der Waals surface area (Å²) < 4.78 is 15.0. The lowest BCUT2D eigenvalue weighted by molar-refractivity contribution is -0.112. The molecule has 29 heavy (non-hydrogen) atoms. The van der Waals surface area contributed by atoms with E-state index in [9.17, 15) is 9.18 Å². The topological polar surface area (TPSA) is 42.0 Å². The smallest absolute Gasteiger partial charge is 0.167 e. The van der Waals surface area contributed by atoms with Gasteiger partial charge in [0.1, 0.15) is 5.82 Å². The monoisotopic (exact) mass is 386 g/mol. The van der Waals surface area contributed by atoms with Crippen LogP contribution in [0.5, 0.6) is 0 Å². The minimum absolute atomic E-state index is 0.0107. The maximum Gasteiger partial charge on any atom is 0.167 e. The van der Waals surface area contributed by atoms with Crippen molar-refractivity contribution in [1.29, 1.82) is 0 Å². The molecule has 5 rings (SSSR count). The number of fused-ring (bicyclic) bond motifs is 2. The first-order valence-electron chi connectivity index (χ1n) is 10.2. The van der Waals surface area contributed by atoms with Gasteiger partial charge in [-0.05, 0) is 73.6 Å². The Morgan fingerprint density at radius 3 is 2.86 bits per heavy atom. The summed E-state index contributed by atoms with van der Waals surface area (Å²) in [7, 11) is 0. The van der Waals surface area contributed by atoms with E-state index in [1.165, 1.54) is 5.57 Å². The number of nitrogens with zero attached hydrogens (tertiary/aromatic N) is 1. The summed E-state index contributed by atoms with van der Waals surface area (Å²) in [6.07, 6.45) is 11.0. The van der Waals surface area contributed by atoms with E-state index in [0.717, 1.165) is 65.0 Å². The zero-order chi connectivity index (χ0) is 20.1. The Kier molecular flexibility index (Phi) is 4.23. The number of carbonyl (C=O) groups excluding carboxylic acids is 1. The lowest BCUT2D eigenvalue weighted by Crippen LogP contribution is -2.14. The van der Waals surface area contributed by atoms with Crippen molar-refractivity contribution in [3.05, 3.63) is 75.9 Å². The standard InChI is InChI=1S/C25H23FN2O/c1-14-5-6-16(8-14)9-20-18-10-17(11-22(26)19(18)12-24(20)29)21-13-28-23-4-3-7-27-25(23)15(21)2/h5,8-11,13,27H,3-4,6-7,12H2,1-2H3/b20-9-. The quantitative estimate of drug-likeness (QED) is 0.709. The number of hydrogen-bond acceptors (Lipinski definition) is 3. The van der Waals surface area contributed by atoms with Crippen LogP contribution in [-0.2, 0) is 17.6 Å². The van der Waals surface area contributed by atoms with Crippen LogP contribution < -0.4 is 5.32 Å². The lowest BCUT2D eigenvalue weighted by atomic mass is 9.94. The van der Waals surface area contributed by atoms with Crippen molar-refractivity contribution in [3.8, 4) is 11.1 Å². The summed E-state index contributed by atoms with van der Waals surface area (Å²) in [5.74, 6) is -0.322. The second-order valence-corrected chi connectivity index (χ2v) is 8.16. The fourth-order valence-corrected chi connectivity index (χ4v) is 4.59. The molecule has 1 aliphatic heterocycles. The van der Waals surface area contributed by atoms with E-state index in [4.69, 9.17) is 0 Å². The Bertz CT molecular complexity index is 1150. The molecule has 0 atom stereocenters.